The summed E-state index contributed by atoms with van der Waals surface area (Å²) in [6, 6.07) is 6.35. The molecule has 2 fully saturated rings. The van der Waals surface area contributed by atoms with Crippen LogP contribution in [0.4, 0.5) is 4.39 Å². The van der Waals surface area contributed by atoms with Crippen LogP contribution >= 0.6 is 0 Å². The van der Waals surface area contributed by atoms with Crippen LogP contribution in [0.2, 0.25) is 0 Å². The van der Waals surface area contributed by atoms with Crippen molar-refractivity contribution >= 4 is 0 Å². The molecule has 1 saturated carbocycles. The van der Waals surface area contributed by atoms with Crippen molar-refractivity contribution in [3.63, 3.8) is 0 Å². The van der Waals surface area contributed by atoms with E-state index in [0.717, 1.165) is 50.9 Å². The van der Waals surface area contributed by atoms with E-state index in [-0.39, 0.29) is 11.2 Å². The smallest absolute Gasteiger partial charge is 0.123 e. The van der Waals surface area contributed by atoms with Gasteiger partial charge in [0, 0.05) is 18.6 Å². The van der Waals surface area contributed by atoms with E-state index in [9.17, 15) is 9.50 Å². The average molecular weight is 250 g/mol. The standard InChI is InChI=1S/C15H19FO2/c16-13-4-2-12(3-5-13)15(17)7-1-6-14(15)8-10-18-11-9-14/h2-5,17H,1,6-11H2. The molecular formula is C15H19FO2. The predicted molar refractivity (Wildman–Crippen MR) is 66.6 cm³/mol. The van der Waals surface area contributed by atoms with Gasteiger partial charge in [-0.05, 0) is 49.8 Å². The molecule has 0 bridgehead atoms. The molecule has 1 aromatic rings. The highest BCUT2D eigenvalue weighted by Crippen LogP contribution is 2.57. The molecule has 0 amide bonds. The second kappa shape index (κ2) is 4.32. The Morgan fingerprint density at radius 2 is 1.67 bits per heavy atom. The maximum Gasteiger partial charge on any atom is 0.123 e. The molecule has 1 spiro atoms. The van der Waals surface area contributed by atoms with E-state index in [4.69, 9.17) is 4.74 Å². The van der Waals surface area contributed by atoms with Gasteiger partial charge in [-0.3, -0.25) is 0 Å². The minimum absolute atomic E-state index is 0.0664. The van der Waals surface area contributed by atoms with Crippen LogP contribution in [0.15, 0.2) is 24.3 Å². The van der Waals surface area contributed by atoms with Gasteiger partial charge in [0.15, 0.2) is 0 Å². The van der Waals surface area contributed by atoms with E-state index in [1.165, 1.54) is 12.1 Å². The molecule has 1 aliphatic carbocycles. The van der Waals surface area contributed by atoms with Crippen molar-refractivity contribution in [2.45, 2.75) is 37.7 Å². The first-order valence-corrected chi connectivity index (χ1v) is 6.73. The highest BCUT2D eigenvalue weighted by atomic mass is 19.1. The average Bonchev–Trinajstić information content (AvgIpc) is 2.70. The van der Waals surface area contributed by atoms with Crippen molar-refractivity contribution in [1.82, 2.24) is 0 Å². The normalized spacial score (nSPS) is 30.8. The second-order valence-corrected chi connectivity index (χ2v) is 5.61. The van der Waals surface area contributed by atoms with Crippen LogP contribution in [-0.2, 0) is 10.3 Å². The molecule has 18 heavy (non-hydrogen) atoms. The summed E-state index contributed by atoms with van der Waals surface area (Å²) in [4.78, 5) is 0. The molecule has 2 aliphatic rings. The zero-order chi connectivity index (χ0) is 12.6. The van der Waals surface area contributed by atoms with Gasteiger partial charge < -0.3 is 9.84 Å². The minimum atomic E-state index is -0.801. The van der Waals surface area contributed by atoms with Crippen LogP contribution in [0.5, 0.6) is 0 Å². The number of benzene rings is 1. The predicted octanol–water partition coefficient (Wildman–Crippen LogP) is 2.99. The van der Waals surface area contributed by atoms with Gasteiger partial charge in [0.2, 0.25) is 0 Å². The molecule has 1 saturated heterocycles. The largest absolute Gasteiger partial charge is 0.385 e. The van der Waals surface area contributed by atoms with Gasteiger partial charge in [-0.15, -0.1) is 0 Å². The summed E-state index contributed by atoms with van der Waals surface area (Å²) >= 11 is 0. The molecule has 1 aromatic carbocycles. The summed E-state index contributed by atoms with van der Waals surface area (Å²) < 4.78 is 18.5. The Morgan fingerprint density at radius 3 is 2.33 bits per heavy atom. The van der Waals surface area contributed by atoms with Gasteiger partial charge in [-0.2, -0.15) is 0 Å². The summed E-state index contributed by atoms with van der Waals surface area (Å²) in [6.07, 6.45) is 4.67. The SMILES string of the molecule is OC1(c2ccc(F)cc2)CCCC12CCOCC2. The van der Waals surface area contributed by atoms with Crippen LogP contribution in [0.25, 0.3) is 0 Å². The third-order valence-electron chi connectivity index (χ3n) is 4.84. The maximum absolute atomic E-state index is 13.0. The number of hydrogen-bond acceptors (Lipinski definition) is 2. The Hall–Kier alpha value is -0.930. The van der Waals surface area contributed by atoms with Crippen molar-refractivity contribution < 1.29 is 14.2 Å². The fraction of sp³-hybridized carbons (Fsp3) is 0.600. The number of hydrogen-bond donors (Lipinski definition) is 1. The lowest BCUT2D eigenvalue weighted by molar-refractivity contribution is -0.119. The maximum atomic E-state index is 13.0. The van der Waals surface area contributed by atoms with Crippen LogP contribution in [0.1, 0.15) is 37.7 Å². The number of ether oxygens (including phenoxy) is 1. The van der Waals surface area contributed by atoms with E-state index in [1.807, 2.05) is 0 Å². The van der Waals surface area contributed by atoms with Gasteiger partial charge in [-0.1, -0.05) is 12.1 Å². The summed E-state index contributed by atoms with van der Waals surface area (Å²) in [5.74, 6) is -0.249. The molecule has 1 N–H and O–H groups in total. The summed E-state index contributed by atoms with van der Waals surface area (Å²) in [7, 11) is 0. The first-order valence-electron chi connectivity index (χ1n) is 6.73. The molecule has 1 unspecified atom stereocenters. The fourth-order valence-corrected chi connectivity index (χ4v) is 3.76. The minimum Gasteiger partial charge on any atom is -0.385 e. The quantitative estimate of drug-likeness (QED) is 0.830. The molecule has 1 atom stereocenters. The van der Waals surface area contributed by atoms with Gasteiger partial charge in [0.1, 0.15) is 5.82 Å². The van der Waals surface area contributed by atoms with Crippen molar-refractivity contribution in [3.8, 4) is 0 Å². The Morgan fingerprint density at radius 1 is 1.00 bits per heavy atom. The summed E-state index contributed by atoms with van der Waals surface area (Å²) in [6.45, 7) is 1.45. The Balaban J connectivity index is 1.98. The van der Waals surface area contributed by atoms with Crippen LogP contribution in [-0.4, -0.2) is 18.3 Å². The van der Waals surface area contributed by atoms with E-state index in [0.29, 0.717) is 0 Å². The summed E-state index contributed by atoms with van der Waals surface area (Å²) in [5.41, 5.74) is -0.00333. The van der Waals surface area contributed by atoms with Crippen molar-refractivity contribution in [1.29, 1.82) is 0 Å². The lowest BCUT2D eigenvalue weighted by Gasteiger charge is -2.45. The molecule has 2 nitrogen and oxygen atoms in total. The number of halogens is 1. The van der Waals surface area contributed by atoms with Gasteiger partial charge in [0.05, 0.1) is 5.60 Å². The third-order valence-corrected chi connectivity index (χ3v) is 4.84. The van der Waals surface area contributed by atoms with Gasteiger partial charge in [0.25, 0.3) is 0 Å². The van der Waals surface area contributed by atoms with E-state index in [2.05, 4.69) is 0 Å². The first-order chi connectivity index (χ1) is 8.66. The highest BCUT2D eigenvalue weighted by Gasteiger charge is 2.54. The monoisotopic (exact) mass is 250 g/mol. The molecular weight excluding hydrogens is 231 g/mol. The second-order valence-electron chi connectivity index (χ2n) is 5.61. The number of aliphatic hydroxyl groups is 1. The van der Waals surface area contributed by atoms with Crippen molar-refractivity contribution in [2.24, 2.45) is 5.41 Å². The van der Waals surface area contributed by atoms with E-state index in [1.54, 1.807) is 12.1 Å². The van der Waals surface area contributed by atoms with Crippen molar-refractivity contribution in [3.05, 3.63) is 35.6 Å². The number of rotatable bonds is 1. The lowest BCUT2D eigenvalue weighted by atomic mass is 9.66. The molecule has 0 aromatic heterocycles. The molecule has 0 radical (unpaired) electrons. The Kier molecular flexibility index (Phi) is 2.91. The van der Waals surface area contributed by atoms with Crippen LogP contribution in [0, 0.1) is 11.2 Å². The topological polar surface area (TPSA) is 29.5 Å². The third kappa shape index (κ3) is 1.69. The van der Waals surface area contributed by atoms with E-state index >= 15 is 0 Å². The molecule has 1 heterocycles. The van der Waals surface area contributed by atoms with Crippen molar-refractivity contribution in [2.75, 3.05) is 13.2 Å². The molecule has 98 valence electrons. The van der Waals surface area contributed by atoms with Crippen LogP contribution < -0.4 is 0 Å². The van der Waals surface area contributed by atoms with Crippen LogP contribution in [0.3, 0.4) is 0 Å². The fourth-order valence-electron chi connectivity index (χ4n) is 3.76. The van der Waals surface area contributed by atoms with E-state index < -0.39 is 5.60 Å². The van der Waals surface area contributed by atoms with Gasteiger partial charge >= 0.3 is 0 Å². The first kappa shape index (κ1) is 12.1. The molecule has 3 rings (SSSR count). The molecule has 3 heteroatoms. The Bertz CT molecular complexity index is 423. The highest BCUT2D eigenvalue weighted by molar-refractivity contribution is 5.28. The van der Waals surface area contributed by atoms with Gasteiger partial charge in [-0.25, -0.2) is 4.39 Å². The summed E-state index contributed by atoms with van der Waals surface area (Å²) in [5, 5.41) is 11.2. The Labute approximate surface area is 107 Å². The lowest BCUT2D eigenvalue weighted by Crippen LogP contribution is -2.45. The zero-order valence-electron chi connectivity index (χ0n) is 10.5. The molecule has 1 aliphatic heterocycles. The zero-order valence-corrected chi connectivity index (χ0v) is 10.5.